The van der Waals surface area contributed by atoms with Crippen LogP contribution in [0.15, 0.2) is 60.7 Å². The molecule has 1 fully saturated rings. The van der Waals surface area contributed by atoms with Crippen molar-refractivity contribution >= 4 is 39.9 Å². The van der Waals surface area contributed by atoms with Gasteiger partial charge in [-0.05, 0) is 61.2 Å². The van der Waals surface area contributed by atoms with Gasteiger partial charge in [0.05, 0.1) is 37.6 Å². The Bertz CT molecular complexity index is 1590. The van der Waals surface area contributed by atoms with E-state index in [9.17, 15) is 19.5 Å². The van der Waals surface area contributed by atoms with Gasteiger partial charge in [-0.1, -0.05) is 57.3 Å². The highest BCUT2D eigenvalue weighted by atomic mass is 32.1. The van der Waals surface area contributed by atoms with E-state index in [2.05, 4.69) is 18.5 Å². The summed E-state index contributed by atoms with van der Waals surface area (Å²) in [5, 5.41) is 11.7. The number of Topliss-reactive ketones (excluding diaryl/α,β-unsaturated/α-hetero) is 1. The van der Waals surface area contributed by atoms with Gasteiger partial charge in [0.15, 0.2) is 16.6 Å². The molecule has 1 aliphatic rings. The summed E-state index contributed by atoms with van der Waals surface area (Å²) in [7, 11) is 1.47. The third kappa shape index (κ3) is 7.37. The zero-order valence-electron chi connectivity index (χ0n) is 26.1. The summed E-state index contributed by atoms with van der Waals surface area (Å²) in [5.74, 6) is -1.21. The molecule has 3 aromatic rings. The molecule has 10 nitrogen and oxygen atoms in total. The zero-order chi connectivity index (χ0) is 32.7. The maximum atomic E-state index is 13.7. The Morgan fingerprint density at radius 1 is 1.13 bits per heavy atom. The van der Waals surface area contributed by atoms with E-state index in [4.69, 9.17) is 18.9 Å². The molecule has 0 radical (unpaired) electrons. The van der Waals surface area contributed by atoms with Crippen LogP contribution in [-0.4, -0.2) is 54.7 Å². The lowest BCUT2D eigenvalue weighted by Gasteiger charge is -2.24. The van der Waals surface area contributed by atoms with Crippen LogP contribution in [0.4, 0.5) is 5.13 Å². The number of carbonyl (C=O) groups is 3. The summed E-state index contributed by atoms with van der Waals surface area (Å²) in [4.78, 5) is 46.1. The van der Waals surface area contributed by atoms with Gasteiger partial charge in [-0.3, -0.25) is 14.5 Å². The number of hydrogen-bond donors (Lipinski definition) is 1. The predicted octanol–water partition coefficient (Wildman–Crippen LogP) is 6.64. The number of thiazole rings is 1. The Morgan fingerprint density at radius 2 is 1.87 bits per heavy atom. The molecule has 1 aliphatic heterocycles. The Hall–Kier alpha value is -4.64. The van der Waals surface area contributed by atoms with Gasteiger partial charge >= 0.3 is 11.9 Å². The molecule has 238 valence electrons. The first-order valence-corrected chi connectivity index (χ1v) is 15.5. The van der Waals surface area contributed by atoms with E-state index >= 15 is 0 Å². The standard InChI is InChI=1S/C34H38N2O8S/c1-7-9-17-42-24-13-10-22(11-14-24)29(37)27-28(23-12-15-25(43-16-8-2)26(18-23)41-6)36(32(39)30(27)38)34-35-21(5)31(45-34)33(40)44-19-20(3)4/h8,10-15,18,20,28,37H,2,7,9,16-17,19H2,1,3-6H3/t28-/m0/s1. The highest BCUT2D eigenvalue weighted by molar-refractivity contribution is 7.17. The third-order valence-electron chi connectivity index (χ3n) is 6.92. The first-order valence-electron chi connectivity index (χ1n) is 14.7. The van der Waals surface area contributed by atoms with Gasteiger partial charge < -0.3 is 24.1 Å². The van der Waals surface area contributed by atoms with Crippen molar-refractivity contribution in [3.05, 3.63) is 82.4 Å². The molecule has 1 atom stereocenters. The lowest BCUT2D eigenvalue weighted by atomic mass is 9.95. The van der Waals surface area contributed by atoms with Gasteiger partial charge in [-0.25, -0.2) is 9.78 Å². The third-order valence-corrected chi connectivity index (χ3v) is 8.06. The maximum absolute atomic E-state index is 13.7. The fourth-order valence-electron chi connectivity index (χ4n) is 4.65. The summed E-state index contributed by atoms with van der Waals surface area (Å²) in [5.41, 5.74) is 0.994. The van der Waals surface area contributed by atoms with Crippen LogP contribution in [0.25, 0.3) is 5.76 Å². The summed E-state index contributed by atoms with van der Waals surface area (Å²) in [6.45, 7) is 12.2. The maximum Gasteiger partial charge on any atom is 0.350 e. The number of methoxy groups -OCH3 is 1. The van der Waals surface area contributed by atoms with Crippen molar-refractivity contribution in [3.8, 4) is 17.2 Å². The normalized spacial score (nSPS) is 15.8. The highest BCUT2D eigenvalue weighted by Crippen LogP contribution is 2.45. The number of aromatic nitrogens is 1. The molecule has 2 heterocycles. The Kier molecular flexibility index (Phi) is 11.0. The van der Waals surface area contributed by atoms with Crippen LogP contribution in [0.1, 0.15) is 66.1 Å². The monoisotopic (exact) mass is 634 g/mol. The number of aliphatic hydroxyl groups is 1. The minimum Gasteiger partial charge on any atom is -0.507 e. The number of ether oxygens (including phenoxy) is 4. The van der Waals surface area contributed by atoms with Crippen molar-refractivity contribution in [2.75, 3.05) is 31.8 Å². The second kappa shape index (κ2) is 14.9. The predicted molar refractivity (Wildman–Crippen MR) is 172 cm³/mol. The van der Waals surface area contributed by atoms with Crippen LogP contribution in [0, 0.1) is 12.8 Å². The Balaban J connectivity index is 1.83. The van der Waals surface area contributed by atoms with Crippen molar-refractivity contribution in [2.45, 2.75) is 46.6 Å². The minimum atomic E-state index is -1.10. The summed E-state index contributed by atoms with van der Waals surface area (Å²) in [6, 6.07) is 10.5. The number of amides is 1. The Labute approximate surface area is 266 Å². The first-order chi connectivity index (χ1) is 21.6. The van der Waals surface area contributed by atoms with Gasteiger partial charge in [0.25, 0.3) is 5.78 Å². The van der Waals surface area contributed by atoms with Crippen LogP contribution < -0.4 is 19.1 Å². The number of unbranched alkanes of at least 4 members (excludes halogenated alkanes) is 1. The topological polar surface area (TPSA) is 124 Å². The van der Waals surface area contributed by atoms with E-state index in [1.54, 1.807) is 55.5 Å². The van der Waals surface area contributed by atoms with Crippen LogP contribution in [0.2, 0.25) is 0 Å². The van der Waals surface area contributed by atoms with Gasteiger partial charge in [-0.2, -0.15) is 0 Å². The number of nitrogens with zero attached hydrogens (tertiary/aromatic N) is 2. The van der Waals surface area contributed by atoms with Crippen LogP contribution in [-0.2, 0) is 14.3 Å². The number of rotatable bonds is 14. The van der Waals surface area contributed by atoms with Crippen LogP contribution >= 0.6 is 11.3 Å². The summed E-state index contributed by atoms with van der Waals surface area (Å²) >= 11 is 0.945. The number of aliphatic hydroxyl groups excluding tert-OH is 1. The Morgan fingerprint density at radius 3 is 2.51 bits per heavy atom. The van der Waals surface area contributed by atoms with Crippen LogP contribution in [0.3, 0.4) is 0 Å². The van der Waals surface area contributed by atoms with Crippen molar-refractivity contribution < 1.29 is 38.4 Å². The van der Waals surface area contributed by atoms with E-state index < -0.39 is 23.7 Å². The van der Waals surface area contributed by atoms with E-state index in [0.717, 1.165) is 24.2 Å². The molecule has 0 saturated carbocycles. The van der Waals surface area contributed by atoms with Gasteiger partial charge in [0.1, 0.15) is 23.0 Å². The molecule has 0 unspecified atom stereocenters. The highest BCUT2D eigenvalue weighted by Gasteiger charge is 2.48. The molecule has 4 rings (SSSR count). The van der Waals surface area contributed by atoms with Gasteiger partial charge in [-0.15, -0.1) is 0 Å². The van der Waals surface area contributed by atoms with Crippen molar-refractivity contribution in [2.24, 2.45) is 5.92 Å². The molecule has 0 bridgehead atoms. The molecule has 1 N–H and O–H groups in total. The molecule has 1 amide bonds. The average Bonchev–Trinajstić information content (AvgIpc) is 3.54. The second-order valence-electron chi connectivity index (χ2n) is 10.8. The number of carbonyl (C=O) groups excluding carboxylic acids is 3. The SMILES string of the molecule is C=CCOc1ccc([C@H]2C(=C(O)c3ccc(OCCCC)cc3)C(=O)C(=O)N2c2nc(C)c(C(=O)OCC(C)C)s2)cc1OC. The molecular formula is C34H38N2O8S. The largest absolute Gasteiger partial charge is 0.507 e. The lowest BCUT2D eigenvalue weighted by molar-refractivity contribution is -0.132. The molecule has 0 aliphatic carbocycles. The van der Waals surface area contributed by atoms with E-state index in [0.29, 0.717) is 40.7 Å². The lowest BCUT2D eigenvalue weighted by Crippen LogP contribution is -2.29. The number of ketones is 1. The minimum absolute atomic E-state index is 0.112. The number of hydrogen-bond acceptors (Lipinski definition) is 10. The molecular weight excluding hydrogens is 596 g/mol. The van der Waals surface area contributed by atoms with Crippen LogP contribution in [0.5, 0.6) is 17.2 Å². The van der Waals surface area contributed by atoms with E-state index in [1.807, 2.05) is 13.8 Å². The van der Waals surface area contributed by atoms with Gasteiger partial charge in [0.2, 0.25) is 0 Å². The summed E-state index contributed by atoms with van der Waals surface area (Å²) < 4.78 is 22.4. The smallest absolute Gasteiger partial charge is 0.350 e. The average molecular weight is 635 g/mol. The van der Waals surface area contributed by atoms with Crippen molar-refractivity contribution in [1.82, 2.24) is 4.98 Å². The fourth-order valence-corrected chi connectivity index (χ4v) is 5.64. The van der Waals surface area contributed by atoms with Crippen molar-refractivity contribution in [3.63, 3.8) is 0 Å². The summed E-state index contributed by atoms with van der Waals surface area (Å²) in [6.07, 6.45) is 3.49. The van der Waals surface area contributed by atoms with Crippen molar-refractivity contribution in [1.29, 1.82) is 0 Å². The quantitative estimate of drug-likeness (QED) is 0.0519. The molecule has 1 aromatic heterocycles. The second-order valence-corrected chi connectivity index (χ2v) is 11.8. The molecule has 45 heavy (non-hydrogen) atoms. The molecule has 11 heteroatoms. The zero-order valence-corrected chi connectivity index (χ0v) is 26.9. The first kappa shape index (κ1) is 33.3. The number of benzene rings is 2. The molecule has 0 spiro atoms. The van der Waals surface area contributed by atoms with E-state index in [-0.39, 0.29) is 40.5 Å². The number of anilines is 1. The van der Waals surface area contributed by atoms with E-state index in [1.165, 1.54) is 12.0 Å². The van der Waals surface area contributed by atoms with Gasteiger partial charge in [0, 0.05) is 5.56 Å². The number of aryl methyl sites for hydroxylation is 1. The molecule has 2 aromatic carbocycles. The number of esters is 1. The fraction of sp³-hybridized carbons (Fsp3) is 0.353. The molecule has 1 saturated heterocycles.